The van der Waals surface area contributed by atoms with Crippen molar-refractivity contribution in [3.8, 4) is 0 Å². The number of carbonyl (C=O) groups excluding carboxylic acids is 1. The molecule has 0 bridgehead atoms. The average Bonchev–Trinajstić information content (AvgIpc) is 3.03. The molecule has 3 rings (SSSR count). The number of benzene rings is 1. The van der Waals surface area contributed by atoms with Gasteiger partial charge in [-0.2, -0.15) is 0 Å². The third kappa shape index (κ3) is 4.09. The zero-order chi connectivity index (χ0) is 20.4. The van der Waals surface area contributed by atoms with E-state index in [9.17, 15) is 14.0 Å². The lowest BCUT2D eigenvalue weighted by molar-refractivity contribution is 0.0168. The number of pyridine rings is 1. The number of aliphatic hydroxyl groups excluding tert-OH is 1. The number of fused-ring (bicyclic) bond motifs is 1. The van der Waals surface area contributed by atoms with Gasteiger partial charge in [0, 0.05) is 22.7 Å². The van der Waals surface area contributed by atoms with E-state index in [0.29, 0.717) is 21.0 Å². The predicted molar refractivity (Wildman–Crippen MR) is 112 cm³/mol. The van der Waals surface area contributed by atoms with Crippen LogP contribution in [0.5, 0.6) is 0 Å². The summed E-state index contributed by atoms with van der Waals surface area (Å²) in [5.41, 5.74) is 3.05. The highest BCUT2D eigenvalue weighted by molar-refractivity contribution is 14.1. The van der Waals surface area contributed by atoms with Crippen molar-refractivity contribution in [3.05, 3.63) is 59.8 Å². The summed E-state index contributed by atoms with van der Waals surface area (Å²) in [6, 6.07) is 4.78. The van der Waals surface area contributed by atoms with Gasteiger partial charge in [0.05, 0.1) is 23.8 Å². The molecule has 0 unspecified atom stereocenters. The number of aliphatic hydroxyl groups is 1. The van der Waals surface area contributed by atoms with Gasteiger partial charge in [-0.15, -0.1) is 11.3 Å². The molecule has 0 atom stereocenters. The number of halogens is 2. The second kappa shape index (κ2) is 8.64. The maximum Gasteiger partial charge on any atom is 0.278 e. The summed E-state index contributed by atoms with van der Waals surface area (Å²) in [5, 5.41) is 9.47. The maximum absolute atomic E-state index is 14.4. The standard InChI is InChI=1S/C18H17FIN3O4S/c1-9-21-15-14(17(25)22-27-6-5-24)13(23(2)18(26)16(15)28-9)7-10-3-4-11(20)8-12(10)19/h3-4,8,24H,5-7H2,1-2H3,(H,22,25). The smallest absolute Gasteiger partial charge is 0.278 e. The van der Waals surface area contributed by atoms with Gasteiger partial charge in [-0.25, -0.2) is 14.9 Å². The Morgan fingerprint density at radius 2 is 2.21 bits per heavy atom. The van der Waals surface area contributed by atoms with Crippen LogP contribution in [-0.4, -0.2) is 33.8 Å². The zero-order valence-electron chi connectivity index (χ0n) is 15.1. The van der Waals surface area contributed by atoms with Gasteiger partial charge >= 0.3 is 0 Å². The Hall–Kier alpha value is -1.89. The third-order valence-corrected chi connectivity index (χ3v) is 5.75. The van der Waals surface area contributed by atoms with Crippen LogP contribution in [-0.2, 0) is 18.3 Å². The average molecular weight is 517 g/mol. The molecule has 1 amide bonds. The lowest BCUT2D eigenvalue weighted by Gasteiger charge is -2.15. The van der Waals surface area contributed by atoms with Gasteiger partial charge in [-0.05, 0) is 47.2 Å². The van der Waals surface area contributed by atoms with Crippen LogP contribution in [0.1, 0.15) is 26.6 Å². The molecular formula is C18H17FIN3O4S. The maximum atomic E-state index is 14.4. The number of carbonyl (C=O) groups is 1. The van der Waals surface area contributed by atoms with Crippen LogP contribution in [0.2, 0.25) is 0 Å². The summed E-state index contributed by atoms with van der Waals surface area (Å²) in [7, 11) is 1.54. The Bertz CT molecular complexity index is 1110. The highest BCUT2D eigenvalue weighted by Gasteiger charge is 2.24. The molecule has 0 saturated carbocycles. The van der Waals surface area contributed by atoms with Crippen molar-refractivity contribution in [2.45, 2.75) is 13.3 Å². The predicted octanol–water partition coefficient (Wildman–Crippen LogP) is 2.29. The Labute approximate surface area is 177 Å². The monoisotopic (exact) mass is 517 g/mol. The van der Waals surface area contributed by atoms with Gasteiger partial charge in [-0.3, -0.25) is 14.4 Å². The van der Waals surface area contributed by atoms with Crippen LogP contribution >= 0.6 is 33.9 Å². The first-order valence-electron chi connectivity index (χ1n) is 8.29. The molecule has 0 fully saturated rings. The fraction of sp³-hybridized carbons (Fsp3) is 0.278. The topological polar surface area (TPSA) is 93.4 Å². The highest BCUT2D eigenvalue weighted by Crippen LogP contribution is 2.26. The summed E-state index contributed by atoms with van der Waals surface area (Å²) in [6.45, 7) is 1.39. The summed E-state index contributed by atoms with van der Waals surface area (Å²) >= 11 is 3.20. The molecule has 148 valence electrons. The third-order valence-electron chi connectivity index (χ3n) is 4.12. The zero-order valence-corrected chi connectivity index (χ0v) is 18.1. The van der Waals surface area contributed by atoms with E-state index in [0.717, 1.165) is 3.57 Å². The van der Waals surface area contributed by atoms with Crippen molar-refractivity contribution in [2.75, 3.05) is 13.2 Å². The minimum absolute atomic E-state index is 0.0315. The Balaban J connectivity index is 2.19. The number of hydroxylamine groups is 1. The van der Waals surface area contributed by atoms with E-state index >= 15 is 0 Å². The molecule has 2 heterocycles. The normalized spacial score (nSPS) is 11.2. The Morgan fingerprint density at radius 3 is 2.89 bits per heavy atom. The SMILES string of the molecule is Cc1nc2c(C(=O)NOCCO)c(Cc3ccc(I)cc3F)n(C)c(=O)c2s1. The Kier molecular flexibility index (Phi) is 6.43. The second-order valence-corrected chi connectivity index (χ2v) is 8.46. The van der Waals surface area contributed by atoms with Crippen molar-refractivity contribution in [3.63, 3.8) is 0 Å². The molecule has 1 aromatic carbocycles. The van der Waals surface area contributed by atoms with E-state index in [2.05, 4.69) is 10.5 Å². The van der Waals surface area contributed by atoms with E-state index in [4.69, 9.17) is 9.94 Å². The minimum atomic E-state index is -0.611. The minimum Gasteiger partial charge on any atom is -0.394 e. The first-order valence-corrected chi connectivity index (χ1v) is 10.2. The fourth-order valence-electron chi connectivity index (χ4n) is 2.82. The Morgan fingerprint density at radius 1 is 1.46 bits per heavy atom. The van der Waals surface area contributed by atoms with Crippen molar-refractivity contribution in [1.29, 1.82) is 0 Å². The number of amides is 1. The number of nitrogens with one attached hydrogen (secondary N) is 1. The van der Waals surface area contributed by atoms with Crippen molar-refractivity contribution in [2.24, 2.45) is 7.05 Å². The van der Waals surface area contributed by atoms with E-state index in [1.807, 2.05) is 22.6 Å². The summed E-state index contributed by atoms with van der Waals surface area (Å²) in [6.07, 6.45) is 0.0315. The molecule has 2 aromatic heterocycles. The number of nitrogens with zero attached hydrogens (tertiary/aromatic N) is 2. The summed E-state index contributed by atoms with van der Waals surface area (Å²) in [4.78, 5) is 34.8. The first-order chi connectivity index (χ1) is 13.3. The molecule has 10 heteroatoms. The van der Waals surface area contributed by atoms with Gasteiger partial charge in [-0.1, -0.05) is 6.07 Å². The van der Waals surface area contributed by atoms with Crippen LogP contribution in [0.15, 0.2) is 23.0 Å². The van der Waals surface area contributed by atoms with Crippen molar-refractivity contribution in [1.82, 2.24) is 15.0 Å². The molecule has 3 aromatic rings. The van der Waals surface area contributed by atoms with E-state index < -0.39 is 11.7 Å². The number of hydrogen-bond acceptors (Lipinski definition) is 6. The number of rotatable bonds is 6. The quantitative estimate of drug-likeness (QED) is 0.298. The van der Waals surface area contributed by atoms with E-state index in [1.165, 1.54) is 22.0 Å². The van der Waals surface area contributed by atoms with Crippen molar-refractivity contribution >= 4 is 50.1 Å². The van der Waals surface area contributed by atoms with Gasteiger partial charge in [0.25, 0.3) is 11.5 Å². The van der Waals surface area contributed by atoms with Gasteiger partial charge in [0.1, 0.15) is 16.0 Å². The van der Waals surface area contributed by atoms with Gasteiger partial charge < -0.3 is 9.67 Å². The van der Waals surface area contributed by atoms with Crippen LogP contribution in [0.3, 0.4) is 0 Å². The lowest BCUT2D eigenvalue weighted by atomic mass is 10.0. The van der Waals surface area contributed by atoms with Gasteiger partial charge in [0.15, 0.2) is 0 Å². The fourth-order valence-corrected chi connectivity index (χ4v) is 4.18. The van der Waals surface area contributed by atoms with E-state index in [1.54, 1.807) is 26.1 Å². The summed E-state index contributed by atoms with van der Waals surface area (Å²) < 4.78 is 16.8. The number of thiazole rings is 1. The number of aryl methyl sites for hydroxylation is 1. The molecule has 0 aliphatic carbocycles. The van der Waals surface area contributed by atoms with Crippen LogP contribution in [0.25, 0.3) is 10.2 Å². The highest BCUT2D eigenvalue weighted by atomic mass is 127. The molecule has 0 radical (unpaired) electrons. The van der Waals surface area contributed by atoms with Crippen molar-refractivity contribution < 1.29 is 19.1 Å². The second-order valence-electron chi connectivity index (χ2n) is 6.01. The molecule has 0 saturated heterocycles. The number of aromatic nitrogens is 2. The molecule has 0 aliphatic rings. The van der Waals surface area contributed by atoms with Crippen LogP contribution < -0.4 is 11.0 Å². The molecule has 0 aliphatic heterocycles. The van der Waals surface area contributed by atoms with Gasteiger partial charge in [0.2, 0.25) is 0 Å². The van der Waals surface area contributed by atoms with Crippen LogP contribution in [0, 0.1) is 16.3 Å². The van der Waals surface area contributed by atoms with Crippen LogP contribution in [0.4, 0.5) is 4.39 Å². The first kappa shape index (κ1) is 20.8. The number of hydrogen-bond donors (Lipinski definition) is 2. The molecule has 0 spiro atoms. The lowest BCUT2D eigenvalue weighted by Crippen LogP contribution is -2.31. The molecule has 28 heavy (non-hydrogen) atoms. The summed E-state index contributed by atoms with van der Waals surface area (Å²) in [5.74, 6) is -1.03. The molecular weight excluding hydrogens is 500 g/mol. The largest absolute Gasteiger partial charge is 0.394 e. The van der Waals surface area contributed by atoms with E-state index in [-0.39, 0.29) is 36.3 Å². The molecule has 2 N–H and O–H groups in total. The molecule has 7 nitrogen and oxygen atoms in total.